The lowest BCUT2D eigenvalue weighted by Crippen LogP contribution is -2.37. The van der Waals surface area contributed by atoms with Crippen LogP contribution in [0.4, 0.5) is 0 Å². The van der Waals surface area contributed by atoms with Gasteiger partial charge >= 0.3 is 7.82 Å². The Labute approximate surface area is 107 Å². The molecule has 1 heterocycles. The summed E-state index contributed by atoms with van der Waals surface area (Å²) in [6.07, 6.45) is 5.04. The van der Waals surface area contributed by atoms with Gasteiger partial charge in [0, 0.05) is 14.2 Å². The zero-order valence-electron chi connectivity index (χ0n) is 10.4. The molecule has 1 aliphatic rings. The first-order chi connectivity index (χ1) is 8.45. The summed E-state index contributed by atoms with van der Waals surface area (Å²) in [7, 11) is 0.123. The number of phosphoric ester groups is 1. The van der Waals surface area contributed by atoms with Crippen molar-refractivity contribution >= 4 is 15.7 Å². The molecule has 0 amide bonds. The normalized spacial score (nSPS) is 34.8. The summed E-state index contributed by atoms with van der Waals surface area (Å²) in [5.41, 5.74) is 0. The molecule has 0 aromatic rings. The quantitative estimate of drug-likeness (QED) is 0.383. The van der Waals surface area contributed by atoms with Gasteiger partial charge < -0.3 is 19.1 Å². The second-order valence-electron chi connectivity index (χ2n) is 3.76. The Balaban J connectivity index is 2.83. The lowest BCUT2D eigenvalue weighted by Gasteiger charge is -2.23. The number of methoxy groups -OCH3 is 1. The van der Waals surface area contributed by atoms with Gasteiger partial charge in [0.1, 0.15) is 26.2 Å². The predicted molar refractivity (Wildman–Crippen MR) is 64.5 cm³/mol. The highest BCUT2D eigenvalue weighted by atomic mass is 31.2. The summed E-state index contributed by atoms with van der Waals surface area (Å²) < 4.78 is 36.3. The van der Waals surface area contributed by atoms with E-state index in [1.807, 2.05) is 6.11 Å². The van der Waals surface area contributed by atoms with Crippen LogP contribution in [0.5, 0.6) is 0 Å². The first-order valence-electron chi connectivity index (χ1n) is 5.27. The molecule has 0 saturated carbocycles. The highest BCUT2D eigenvalue weighted by Crippen LogP contribution is 2.46. The van der Waals surface area contributed by atoms with Crippen molar-refractivity contribution in [3.05, 3.63) is 0 Å². The first-order valence-corrected chi connectivity index (χ1v) is 6.77. The highest BCUT2D eigenvalue weighted by molar-refractivity contribution is 7.47. The molecule has 2 unspecified atom stereocenters. The van der Waals surface area contributed by atoms with E-state index in [4.69, 9.17) is 25.2 Å². The third-order valence-electron chi connectivity index (χ3n) is 2.56. The fourth-order valence-corrected chi connectivity index (χ4v) is 2.42. The second-order valence-corrected chi connectivity index (χ2v) is 5.27. The van der Waals surface area contributed by atoms with Crippen LogP contribution in [0.2, 0.25) is 0 Å². The maximum absolute atomic E-state index is 11.5. The summed E-state index contributed by atoms with van der Waals surface area (Å²) >= 11 is 0. The summed E-state index contributed by atoms with van der Waals surface area (Å²) in [5, 5.41) is 0. The van der Waals surface area contributed by atoms with Crippen molar-refractivity contribution in [1.82, 2.24) is 0 Å². The molecule has 18 heavy (non-hydrogen) atoms. The summed E-state index contributed by atoms with van der Waals surface area (Å²) in [6.45, 7) is 0.184. The van der Waals surface area contributed by atoms with Crippen LogP contribution in [0.3, 0.4) is 0 Å². The van der Waals surface area contributed by atoms with Gasteiger partial charge in [-0.3, -0.25) is 9.05 Å². The smallest absolute Gasteiger partial charge is 0.439 e. The summed E-state index contributed by atoms with van der Waals surface area (Å²) in [5.74, 6) is 0. The molecule has 9 heteroatoms. The zero-order chi connectivity index (χ0) is 13.8. The Kier molecular flexibility index (Phi) is 5.66. The largest absolute Gasteiger partial charge is 0.472 e. The molecule has 102 valence electrons. The van der Waals surface area contributed by atoms with Crippen molar-refractivity contribution in [3.8, 4) is 12.5 Å². The number of hydrogen-bond donors (Lipinski definition) is 1. The fourth-order valence-electron chi connectivity index (χ4n) is 1.77. The van der Waals surface area contributed by atoms with E-state index in [0.717, 1.165) is 7.11 Å². The van der Waals surface area contributed by atoms with Crippen LogP contribution in [0, 0.1) is 12.5 Å². The number of terminal acetylenes is 1. The SMILES string of the molecule is B[C@@H]1O[C@H](COC)[C@H](OP(=O)(O)OC)C1OC#C. The van der Waals surface area contributed by atoms with Gasteiger partial charge in [-0.1, -0.05) is 6.42 Å². The maximum Gasteiger partial charge on any atom is 0.472 e. The Hall–Kier alpha value is -0.545. The van der Waals surface area contributed by atoms with Gasteiger partial charge in [0.2, 0.25) is 0 Å². The Bertz CT molecular complexity index is 357. The van der Waals surface area contributed by atoms with Crippen molar-refractivity contribution in [2.24, 2.45) is 0 Å². The fraction of sp³-hybridized carbons (Fsp3) is 0.778. The zero-order valence-corrected chi connectivity index (χ0v) is 11.3. The molecule has 1 aliphatic heterocycles. The van der Waals surface area contributed by atoms with Gasteiger partial charge in [0.25, 0.3) is 0 Å². The summed E-state index contributed by atoms with van der Waals surface area (Å²) in [6, 6.07) is -0.386. The first kappa shape index (κ1) is 15.5. The van der Waals surface area contributed by atoms with Gasteiger partial charge in [0.05, 0.1) is 12.6 Å². The van der Waals surface area contributed by atoms with Crippen LogP contribution in [0.1, 0.15) is 0 Å². The van der Waals surface area contributed by atoms with Crippen molar-refractivity contribution in [2.45, 2.75) is 24.3 Å². The maximum atomic E-state index is 11.5. The Morgan fingerprint density at radius 3 is 2.67 bits per heavy atom. The van der Waals surface area contributed by atoms with Crippen LogP contribution in [-0.4, -0.2) is 57.9 Å². The molecule has 0 radical (unpaired) electrons. The number of phosphoric acid groups is 1. The lowest BCUT2D eigenvalue weighted by molar-refractivity contribution is -0.0221. The molecule has 5 atom stereocenters. The van der Waals surface area contributed by atoms with Crippen molar-refractivity contribution in [1.29, 1.82) is 0 Å². The lowest BCUT2D eigenvalue weighted by atomic mass is 9.93. The Morgan fingerprint density at radius 1 is 1.50 bits per heavy atom. The Morgan fingerprint density at radius 2 is 2.17 bits per heavy atom. The molecule has 1 rings (SSSR count). The molecule has 1 fully saturated rings. The molecule has 7 nitrogen and oxygen atoms in total. The monoisotopic (exact) mass is 278 g/mol. The minimum Gasteiger partial charge on any atom is -0.439 e. The van der Waals surface area contributed by atoms with E-state index in [1.165, 1.54) is 7.11 Å². The highest BCUT2D eigenvalue weighted by Gasteiger charge is 2.48. The van der Waals surface area contributed by atoms with Crippen molar-refractivity contribution < 1.29 is 32.7 Å². The van der Waals surface area contributed by atoms with E-state index >= 15 is 0 Å². The van der Waals surface area contributed by atoms with Crippen LogP contribution < -0.4 is 0 Å². The molecular formula is C9H16BO7P. The topological polar surface area (TPSA) is 83.5 Å². The molecular weight excluding hydrogens is 262 g/mol. The third-order valence-corrected chi connectivity index (χ3v) is 3.53. The van der Waals surface area contributed by atoms with E-state index in [-0.39, 0.29) is 12.6 Å². The molecule has 1 saturated heterocycles. The molecule has 0 spiro atoms. The standard InChI is InChI=1S/C9H16BO7P/c1-4-15-8-7(17-18(11,12)14-3)6(5-13-2)16-9(8)10/h1,6-9H,5,10H2,2-3H3,(H,11,12)/t6-,7+,8?,9-/m1/s1. The number of rotatable bonds is 6. The van der Waals surface area contributed by atoms with Gasteiger partial charge in [-0.05, 0) is 0 Å². The average molecular weight is 278 g/mol. The van der Waals surface area contributed by atoms with Gasteiger partial charge in [-0.15, -0.1) is 0 Å². The van der Waals surface area contributed by atoms with Crippen LogP contribution in [0.15, 0.2) is 0 Å². The minimum atomic E-state index is -4.16. The van der Waals surface area contributed by atoms with E-state index in [1.54, 1.807) is 7.85 Å². The average Bonchev–Trinajstić information content (AvgIpc) is 2.58. The second kappa shape index (κ2) is 6.57. The molecule has 0 aliphatic carbocycles. The van der Waals surface area contributed by atoms with Crippen molar-refractivity contribution in [3.63, 3.8) is 0 Å². The number of ether oxygens (including phenoxy) is 3. The molecule has 0 aromatic carbocycles. The van der Waals surface area contributed by atoms with Gasteiger partial charge in [-0.2, -0.15) is 0 Å². The number of hydrogen-bond acceptors (Lipinski definition) is 6. The van der Waals surface area contributed by atoms with Gasteiger partial charge in [-0.25, -0.2) is 4.57 Å². The van der Waals surface area contributed by atoms with E-state index in [2.05, 4.69) is 4.52 Å². The van der Waals surface area contributed by atoms with E-state index < -0.39 is 26.1 Å². The predicted octanol–water partition coefficient (Wildman–Crippen LogP) is -0.901. The molecule has 0 bridgehead atoms. The van der Waals surface area contributed by atoms with Crippen molar-refractivity contribution in [2.75, 3.05) is 20.8 Å². The van der Waals surface area contributed by atoms with Crippen LogP contribution in [0.25, 0.3) is 0 Å². The molecule has 0 aromatic heterocycles. The summed E-state index contributed by atoms with van der Waals surface area (Å²) in [4.78, 5) is 9.35. The molecule has 1 N–H and O–H groups in total. The van der Waals surface area contributed by atoms with Crippen LogP contribution >= 0.6 is 7.82 Å². The minimum absolute atomic E-state index is 0.184. The van der Waals surface area contributed by atoms with E-state index in [9.17, 15) is 9.46 Å². The van der Waals surface area contributed by atoms with Crippen LogP contribution in [-0.2, 0) is 27.8 Å². The van der Waals surface area contributed by atoms with E-state index in [0.29, 0.717) is 0 Å². The third kappa shape index (κ3) is 3.72. The van der Waals surface area contributed by atoms with Gasteiger partial charge in [0.15, 0.2) is 6.10 Å².